The van der Waals surface area contributed by atoms with E-state index in [4.69, 9.17) is 14.0 Å². The smallest absolute Gasteiger partial charge is 0.336 e. The molecule has 7 heteroatoms. The standard InChI is InChI=1S/C29H32N2O5/c1-6-34-28(32)25-17(3)30-18(4)26(29(33)35-7-2)27(25)24-19(5)31-36-23(24)16-15-21-13-10-12-20-11-8-9-14-22(20)21/h8-14,27,30H,6-7,15-16H2,1-5H3. The first-order valence-corrected chi connectivity index (χ1v) is 12.3. The molecule has 2 aromatic carbocycles. The summed E-state index contributed by atoms with van der Waals surface area (Å²) in [7, 11) is 0. The molecule has 3 aromatic rings. The van der Waals surface area contributed by atoms with Crippen molar-refractivity contribution in [2.24, 2.45) is 0 Å². The highest BCUT2D eigenvalue weighted by Gasteiger charge is 2.41. The van der Waals surface area contributed by atoms with Gasteiger partial charge in [0.15, 0.2) is 0 Å². The van der Waals surface area contributed by atoms with Gasteiger partial charge in [-0.25, -0.2) is 9.59 Å². The summed E-state index contributed by atoms with van der Waals surface area (Å²) in [5.41, 5.74) is 4.51. The first kappa shape index (κ1) is 25.2. The molecule has 0 fully saturated rings. The second kappa shape index (κ2) is 10.8. The number of nitrogens with zero attached hydrogens (tertiary/aromatic N) is 1. The quantitative estimate of drug-likeness (QED) is 0.431. The number of rotatable bonds is 8. The van der Waals surface area contributed by atoms with Crippen LogP contribution in [-0.2, 0) is 31.9 Å². The van der Waals surface area contributed by atoms with Crippen LogP contribution in [0, 0.1) is 6.92 Å². The predicted octanol–water partition coefficient (Wildman–Crippen LogP) is 5.28. The molecule has 0 amide bonds. The Balaban J connectivity index is 1.79. The Hall–Kier alpha value is -3.87. The molecule has 0 atom stereocenters. The zero-order chi connectivity index (χ0) is 25.8. The maximum Gasteiger partial charge on any atom is 0.336 e. The van der Waals surface area contributed by atoms with E-state index in [0.29, 0.717) is 52.4 Å². The van der Waals surface area contributed by atoms with Gasteiger partial charge < -0.3 is 19.3 Å². The molecule has 1 N–H and O–H groups in total. The molecular weight excluding hydrogens is 456 g/mol. The van der Waals surface area contributed by atoms with E-state index in [9.17, 15) is 9.59 Å². The SMILES string of the molecule is CCOC(=O)C1=C(C)NC(C)=C(C(=O)OCC)C1c1c(C)noc1CCc1cccc2ccccc12. The largest absolute Gasteiger partial charge is 0.463 e. The van der Waals surface area contributed by atoms with Gasteiger partial charge in [-0.05, 0) is 57.4 Å². The summed E-state index contributed by atoms with van der Waals surface area (Å²) in [6.07, 6.45) is 1.27. The van der Waals surface area contributed by atoms with Crippen molar-refractivity contribution in [1.29, 1.82) is 0 Å². The molecule has 1 aliphatic rings. The molecule has 7 nitrogen and oxygen atoms in total. The molecule has 36 heavy (non-hydrogen) atoms. The molecule has 0 spiro atoms. The minimum Gasteiger partial charge on any atom is -0.463 e. The van der Waals surface area contributed by atoms with E-state index < -0.39 is 17.9 Å². The Kier molecular flexibility index (Phi) is 7.58. The fourth-order valence-corrected chi connectivity index (χ4v) is 4.97. The summed E-state index contributed by atoms with van der Waals surface area (Å²) in [6, 6.07) is 14.5. The molecule has 0 bridgehead atoms. The zero-order valence-corrected chi connectivity index (χ0v) is 21.4. The van der Waals surface area contributed by atoms with Crippen LogP contribution in [0.5, 0.6) is 0 Å². The lowest BCUT2D eigenvalue weighted by molar-refractivity contribution is -0.139. The summed E-state index contributed by atoms with van der Waals surface area (Å²) in [4.78, 5) is 26.3. The van der Waals surface area contributed by atoms with Crippen molar-refractivity contribution < 1.29 is 23.6 Å². The van der Waals surface area contributed by atoms with Gasteiger partial charge in [0.05, 0.1) is 36.0 Å². The maximum atomic E-state index is 13.1. The van der Waals surface area contributed by atoms with Crippen LogP contribution in [0.1, 0.15) is 56.2 Å². The number of carbonyl (C=O) groups excluding carboxylic acids is 2. The van der Waals surface area contributed by atoms with Gasteiger partial charge in [-0.2, -0.15) is 0 Å². The number of allylic oxidation sites excluding steroid dienone is 2. The average molecular weight is 489 g/mol. The van der Waals surface area contributed by atoms with Gasteiger partial charge in [-0.3, -0.25) is 0 Å². The first-order chi connectivity index (χ1) is 17.4. The Morgan fingerprint density at radius 3 is 2.14 bits per heavy atom. The summed E-state index contributed by atoms with van der Waals surface area (Å²) < 4.78 is 16.6. The van der Waals surface area contributed by atoms with Gasteiger partial charge in [0.2, 0.25) is 0 Å². The van der Waals surface area contributed by atoms with Crippen LogP contribution in [0.2, 0.25) is 0 Å². The van der Waals surface area contributed by atoms with Crippen molar-refractivity contribution in [3.63, 3.8) is 0 Å². The van der Waals surface area contributed by atoms with E-state index in [-0.39, 0.29) is 13.2 Å². The molecule has 188 valence electrons. The highest BCUT2D eigenvalue weighted by Crippen LogP contribution is 2.42. The summed E-state index contributed by atoms with van der Waals surface area (Å²) in [6.45, 7) is 9.40. The lowest BCUT2D eigenvalue weighted by Crippen LogP contribution is -2.33. The minimum absolute atomic E-state index is 0.219. The molecule has 0 saturated carbocycles. The molecule has 0 radical (unpaired) electrons. The van der Waals surface area contributed by atoms with Crippen molar-refractivity contribution >= 4 is 22.7 Å². The third-order valence-corrected chi connectivity index (χ3v) is 6.52. The van der Waals surface area contributed by atoms with E-state index in [1.165, 1.54) is 16.3 Å². The number of dihydropyridines is 1. The fraction of sp³-hybridized carbons (Fsp3) is 0.345. The van der Waals surface area contributed by atoms with Crippen LogP contribution in [0.15, 0.2) is 69.5 Å². The van der Waals surface area contributed by atoms with Crippen LogP contribution in [0.3, 0.4) is 0 Å². The number of carbonyl (C=O) groups is 2. The van der Waals surface area contributed by atoms with Crippen LogP contribution in [-0.4, -0.2) is 30.3 Å². The van der Waals surface area contributed by atoms with E-state index >= 15 is 0 Å². The number of aromatic nitrogens is 1. The van der Waals surface area contributed by atoms with Crippen molar-refractivity contribution in [3.8, 4) is 0 Å². The third-order valence-electron chi connectivity index (χ3n) is 6.52. The number of fused-ring (bicyclic) bond motifs is 1. The summed E-state index contributed by atoms with van der Waals surface area (Å²) in [5.74, 6) is -1.04. The van der Waals surface area contributed by atoms with Crippen molar-refractivity contribution in [1.82, 2.24) is 10.5 Å². The Morgan fingerprint density at radius 1 is 0.889 bits per heavy atom. The second-order valence-corrected chi connectivity index (χ2v) is 8.82. The molecule has 0 aliphatic carbocycles. The van der Waals surface area contributed by atoms with Gasteiger partial charge >= 0.3 is 11.9 Å². The number of nitrogens with one attached hydrogen (secondary N) is 1. The molecule has 2 heterocycles. The van der Waals surface area contributed by atoms with E-state index in [1.54, 1.807) is 13.8 Å². The predicted molar refractivity (Wildman–Crippen MR) is 137 cm³/mol. The van der Waals surface area contributed by atoms with Crippen LogP contribution >= 0.6 is 0 Å². The summed E-state index contributed by atoms with van der Waals surface area (Å²) >= 11 is 0. The van der Waals surface area contributed by atoms with Gasteiger partial charge in [0.1, 0.15) is 5.76 Å². The number of hydrogen-bond donors (Lipinski definition) is 1. The van der Waals surface area contributed by atoms with Gasteiger partial charge in [-0.15, -0.1) is 0 Å². The monoisotopic (exact) mass is 488 g/mol. The number of ether oxygens (including phenoxy) is 2. The molecule has 1 aliphatic heterocycles. The molecule has 0 unspecified atom stereocenters. The normalized spacial score (nSPS) is 14.2. The second-order valence-electron chi connectivity index (χ2n) is 8.82. The molecule has 0 saturated heterocycles. The Labute approximate surface area is 211 Å². The van der Waals surface area contributed by atoms with Crippen molar-refractivity contribution in [3.05, 3.63) is 87.6 Å². The number of benzene rings is 2. The van der Waals surface area contributed by atoms with Crippen LogP contribution in [0.4, 0.5) is 0 Å². The lowest BCUT2D eigenvalue weighted by Gasteiger charge is -2.30. The van der Waals surface area contributed by atoms with Crippen molar-refractivity contribution in [2.75, 3.05) is 13.2 Å². The summed E-state index contributed by atoms with van der Waals surface area (Å²) in [5, 5.41) is 9.78. The first-order valence-electron chi connectivity index (χ1n) is 12.3. The van der Waals surface area contributed by atoms with Gasteiger partial charge in [0, 0.05) is 23.4 Å². The van der Waals surface area contributed by atoms with E-state index in [1.807, 2.05) is 39.0 Å². The van der Waals surface area contributed by atoms with Crippen molar-refractivity contribution in [2.45, 2.75) is 53.4 Å². The fourth-order valence-electron chi connectivity index (χ4n) is 4.97. The lowest BCUT2D eigenvalue weighted by atomic mass is 9.79. The van der Waals surface area contributed by atoms with E-state index in [2.05, 4.69) is 34.7 Å². The maximum absolute atomic E-state index is 13.1. The number of hydrogen-bond acceptors (Lipinski definition) is 7. The molecule has 4 rings (SSSR count). The third kappa shape index (κ3) is 4.78. The highest BCUT2D eigenvalue weighted by atomic mass is 16.5. The van der Waals surface area contributed by atoms with Gasteiger partial charge in [0.25, 0.3) is 0 Å². The molecule has 1 aromatic heterocycles. The topological polar surface area (TPSA) is 90.7 Å². The van der Waals surface area contributed by atoms with E-state index in [0.717, 1.165) is 0 Å². The highest BCUT2D eigenvalue weighted by molar-refractivity contribution is 6.00. The number of esters is 2. The Morgan fingerprint density at radius 2 is 1.50 bits per heavy atom. The van der Waals surface area contributed by atoms with Crippen LogP contribution in [0.25, 0.3) is 10.8 Å². The molecular formula is C29H32N2O5. The minimum atomic E-state index is -0.710. The Bertz CT molecular complexity index is 1320. The van der Waals surface area contributed by atoms with Crippen LogP contribution < -0.4 is 5.32 Å². The van der Waals surface area contributed by atoms with Gasteiger partial charge in [-0.1, -0.05) is 47.6 Å². The zero-order valence-electron chi connectivity index (χ0n) is 21.4. The number of aryl methyl sites for hydroxylation is 3. The average Bonchev–Trinajstić information content (AvgIpc) is 3.22.